The second-order valence-electron chi connectivity index (χ2n) is 5.58. The van der Waals surface area contributed by atoms with Crippen LogP contribution in [0.2, 0.25) is 0 Å². The monoisotopic (exact) mass is 280 g/mol. The van der Waals surface area contributed by atoms with E-state index in [-0.39, 0.29) is 12.1 Å². The summed E-state index contributed by atoms with van der Waals surface area (Å²) in [6, 6.07) is -0.0615. The summed E-state index contributed by atoms with van der Waals surface area (Å²) in [6.45, 7) is 11.0. The first-order chi connectivity index (χ1) is 9.42. The highest BCUT2D eigenvalue weighted by Gasteiger charge is 2.23. The molecule has 0 bridgehead atoms. The van der Waals surface area contributed by atoms with E-state index in [0.29, 0.717) is 18.9 Å². The summed E-state index contributed by atoms with van der Waals surface area (Å²) in [4.78, 5) is 4.51. The smallest absolute Gasteiger partial charge is 0.128 e. The summed E-state index contributed by atoms with van der Waals surface area (Å²) in [5.41, 5.74) is 9.44. The maximum atomic E-state index is 6.33. The van der Waals surface area contributed by atoms with Crippen LogP contribution in [-0.4, -0.2) is 30.8 Å². The van der Waals surface area contributed by atoms with Crippen LogP contribution in [0.4, 0.5) is 0 Å². The van der Waals surface area contributed by atoms with E-state index >= 15 is 0 Å². The van der Waals surface area contributed by atoms with Crippen molar-refractivity contribution in [2.75, 3.05) is 13.7 Å². The van der Waals surface area contributed by atoms with Crippen LogP contribution in [0.25, 0.3) is 0 Å². The van der Waals surface area contributed by atoms with Crippen LogP contribution in [0.3, 0.4) is 0 Å². The number of methoxy groups -OCH3 is 1. The Hall–Kier alpha value is -1.13. The zero-order valence-corrected chi connectivity index (χ0v) is 13.6. The number of rotatable bonds is 7. The zero-order valence-electron chi connectivity index (χ0n) is 13.6. The molecule has 2 atom stereocenters. The quantitative estimate of drug-likeness (QED) is 0.834. The molecule has 4 heteroatoms. The molecule has 2 N–H and O–H groups in total. The van der Waals surface area contributed by atoms with Gasteiger partial charge in [0.15, 0.2) is 0 Å². The lowest BCUT2D eigenvalue weighted by Gasteiger charge is -2.27. The summed E-state index contributed by atoms with van der Waals surface area (Å²) in [5, 5.41) is 0. The summed E-state index contributed by atoms with van der Waals surface area (Å²) in [5.74, 6) is 1.29. The van der Waals surface area contributed by atoms with Crippen molar-refractivity contribution < 1.29 is 9.47 Å². The van der Waals surface area contributed by atoms with Crippen LogP contribution in [-0.2, 0) is 11.2 Å². The van der Waals surface area contributed by atoms with Crippen molar-refractivity contribution in [3.8, 4) is 5.75 Å². The van der Waals surface area contributed by atoms with E-state index in [1.165, 1.54) is 0 Å². The molecule has 0 amide bonds. The molecular formula is C16H28N2O2. The van der Waals surface area contributed by atoms with Crippen molar-refractivity contribution in [1.82, 2.24) is 4.98 Å². The molecule has 20 heavy (non-hydrogen) atoms. The minimum atomic E-state index is -0.0615. The Balaban J connectivity index is 2.92. The Bertz CT molecular complexity index is 433. The predicted octanol–water partition coefficient (Wildman–Crippen LogP) is 2.64. The van der Waals surface area contributed by atoms with Gasteiger partial charge in [-0.15, -0.1) is 0 Å². The van der Waals surface area contributed by atoms with Gasteiger partial charge in [-0.25, -0.2) is 0 Å². The third-order valence-corrected chi connectivity index (χ3v) is 3.62. The Kier molecular flexibility index (Phi) is 6.43. The van der Waals surface area contributed by atoms with Crippen LogP contribution in [0.15, 0.2) is 6.20 Å². The number of ether oxygens (including phenoxy) is 2. The number of pyridine rings is 1. The van der Waals surface area contributed by atoms with E-state index in [4.69, 9.17) is 15.2 Å². The zero-order chi connectivity index (χ0) is 15.3. The van der Waals surface area contributed by atoms with Gasteiger partial charge in [0.25, 0.3) is 0 Å². The fourth-order valence-corrected chi connectivity index (χ4v) is 2.62. The van der Waals surface area contributed by atoms with Crippen LogP contribution in [0.1, 0.15) is 37.6 Å². The van der Waals surface area contributed by atoms with Gasteiger partial charge in [0, 0.05) is 42.1 Å². The molecule has 1 aromatic heterocycles. The topological polar surface area (TPSA) is 57.4 Å². The Labute approximate surface area is 122 Å². The molecule has 0 saturated carbocycles. The molecule has 0 aliphatic carbocycles. The lowest BCUT2D eigenvalue weighted by molar-refractivity contribution is 0.0125. The van der Waals surface area contributed by atoms with E-state index in [0.717, 1.165) is 22.6 Å². The Morgan fingerprint density at radius 3 is 2.45 bits per heavy atom. The normalized spacial score (nSPS) is 14.4. The molecule has 0 spiro atoms. The average molecular weight is 280 g/mol. The van der Waals surface area contributed by atoms with Gasteiger partial charge >= 0.3 is 0 Å². The molecule has 0 aliphatic heterocycles. The summed E-state index contributed by atoms with van der Waals surface area (Å²) < 4.78 is 11.2. The van der Waals surface area contributed by atoms with Crippen molar-refractivity contribution in [3.63, 3.8) is 0 Å². The number of hydrogen-bond donors (Lipinski definition) is 1. The first-order valence-electron chi connectivity index (χ1n) is 7.28. The Morgan fingerprint density at radius 2 is 1.95 bits per heavy atom. The highest BCUT2D eigenvalue weighted by molar-refractivity contribution is 5.41. The molecule has 114 valence electrons. The van der Waals surface area contributed by atoms with E-state index < -0.39 is 0 Å². The third-order valence-electron chi connectivity index (χ3n) is 3.62. The van der Waals surface area contributed by atoms with Crippen molar-refractivity contribution in [1.29, 1.82) is 0 Å². The minimum Gasteiger partial charge on any atom is -0.496 e. The number of nitrogens with two attached hydrogens (primary N) is 1. The van der Waals surface area contributed by atoms with Gasteiger partial charge in [0.2, 0.25) is 0 Å². The van der Waals surface area contributed by atoms with Crippen LogP contribution >= 0.6 is 0 Å². The third kappa shape index (κ3) is 3.93. The van der Waals surface area contributed by atoms with Crippen molar-refractivity contribution in [2.45, 2.75) is 53.2 Å². The fourth-order valence-electron chi connectivity index (χ4n) is 2.62. The standard InChI is InChI=1S/C16H28N2O2/c1-7-20-15(10(2)3)13(17)8-14-12(5)16(19-6)11(4)9-18-14/h9-10,13,15H,7-8,17H2,1-6H3. The fraction of sp³-hybridized carbons (Fsp3) is 0.688. The van der Waals surface area contributed by atoms with E-state index in [1.807, 2.05) is 27.0 Å². The second-order valence-corrected chi connectivity index (χ2v) is 5.58. The van der Waals surface area contributed by atoms with E-state index in [1.54, 1.807) is 7.11 Å². The van der Waals surface area contributed by atoms with Crippen molar-refractivity contribution in [3.05, 3.63) is 23.0 Å². The first kappa shape index (κ1) is 16.9. The van der Waals surface area contributed by atoms with Gasteiger partial charge in [-0.1, -0.05) is 13.8 Å². The number of aryl methyl sites for hydroxylation is 1. The van der Waals surface area contributed by atoms with Crippen LogP contribution in [0, 0.1) is 19.8 Å². The van der Waals surface area contributed by atoms with Crippen LogP contribution < -0.4 is 10.5 Å². The molecule has 1 heterocycles. The van der Waals surface area contributed by atoms with Gasteiger partial charge in [-0.3, -0.25) is 4.98 Å². The second kappa shape index (κ2) is 7.60. The molecular weight excluding hydrogens is 252 g/mol. The van der Waals surface area contributed by atoms with E-state index in [9.17, 15) is 0 Å². The molecule has 0 aliphatic rings. The molecule has 0 radical (unpaired) electrons. The summed E-state index contributed by atoms with van der Waals surface area (Å²) in [7, 11) is 1.69. The largest absolute Gasteiger partial charge is 0.496 e. The first-order valence-corrected chi connectivity index (χ1v) is 7.28. The summed E-state index contributed by atoms with van der Waals surface area (Å²) >= 11 is 0. The van der Waals surface area contributed by atoms with Crippen LogP contribution in [0.5, 0.6) is 5.75 Å². The van der Waals surface area contributed by atoms with E-state index in [2.05, 4.69) is 18.8 Å². The number of aromatic nitrogens is 1. The lowest BCUT2D eigenvalue weighted by atomic mass is 9.94. The molecule has 2 unspecified atom stereocenters. The van der Waals surface area contributed by atoms with Crippen molar-refractivity contribution in [2.24, 2.45) is 11.7 Å². The molecule has 1 rings (SSSR count). The van der Waals surface area contributed by atoms with Crippen molar-refractivity contribution >= 4 is 0 Å². The molecule has 0 aromatic carbocycles. The SMILES string of the molecule is CCOC(C(C)C)C(N)Cc1ncc(C)c(OC)c1C. The highest BCUT2D eigenvalue weighted by atomic mass is 16.5. The Morgan fingerprint density at radius 1 is 1.30 bits per heavy atom. The van der Waals surface area contributed by atoms with Gasteiger partial charge < -0.3 is 15.2 Å². The molecule has 1 aromatic rings. The highest BCUT2D eigenvalue weighted by Crippen LogP contribution is 2.25. The maximum absolute atomic E-state index is 6.33. The van der Waals surface area contributed by atoms with Gasteiger partial charge in [0.1, 0.15) is 5.75 Å². The number of hydrogen-bond acceptors (Lipinski definition) is 4. The molecule has 4 nitrogen and oxygen atoms in total. The van der Waals surface area contributed by atoms with Gasteiger partial charge in [0.05, 0.1) is 13.2 Å². The predicted molar refractivity (Wildman–Crippen MR) is 82.2 cm³/mol. The van der Waals surface area contributed by atoms with Gasteiger partial charge in [-0.05, 0) is 26.7 Å². The summed E-state index contributed by atoms with van der Waals surface area (Å²) in [6.07, 6.45) is 2.60. The average Bonchev–Trinajstić information content (AvgIpc) is 2.39. The molecule has 0 fully saturated rings. The minimum absolute atomic E-state index is 0.0495. The molecule has 0 saturated heterocycles. The number of nitrogens with zero attached hydrogens (tertiary/aromatic N) is 1. The van der Waals surface area contributed by atoms with Gasteiger partial charge in [-0.2, -0.15) is 0 Å². The maximum Gasteiger partial charge on any atom is 0.128 e. The lowest BCUT2D eigenvalue weighted by Crippen LogP contribution is -2.42.